The molecular weight excluding hydrogens is 396 g/mol. The van der Waals surface area contributed by atoms with E-state index in [1.54, 1.807) is 6.20 Å². The molecular formula is C20H19ClN4O2S. The average molecular weight is 415 g/mol. The van der Waals surface area contributed by atoms with Crippen LogP contribution in [0.3, 0.4) is 0 Å². The van der Waals surface area contributed by atoms with Crippen molar-refractivity contribution in [2.75, 3.05) is 17.2 Å². The molecule has 1 aliphatic rings. The summed E-state index contributed by atoms with van der Waals surface area (Å²) >= 11 is 6.45. The van der Waals surface area contributed by atoms with Gasteiger partial charge in [-0.1, -0.05) is 11.6 Å². The molecule has 3 aromatic rings. The first-order valence-corrected chi connectivity index (χ1v) is 11.1. The number of rotatable bonds is 2. The minimum Gasteiger partial charge on any atom is -0.396 e. The first kappa shape index (κ1) is 18.8. The van der Waals surface area contributed by atoms with E-state index >= 15 is 0 Å². The number of aryl methyl sites for hydroxylation is 1. The summed E-state index contributed by atoms with van der Waals surface area (Å²) in [6.45, 7) is 9.36. The predicted octanol–water partition coefficient (Wildman–Crippen LogP) is 4.55. The Labute approximate surface area is 168 Å². The first-order valence-electron chi connectivity index (χ1n) is 8.93. The van der Waals surface area contributed by atoms with Crippen LogP contribution in [-0.2, 0) is 9.84 Å². The van der Waals surface area contributed by atoms with E-state index in [9.17, 15) is 8.42 Å². The zero-order valence-corrected chi connectivity index (χ0v) is 16.9. The molecule has 8 heteroatoms. The predicted molar refractivity (Wildman–Crippen MR) is 113 cm³/mol. The molecule has 0 radical (unpaired) electrons. The molecule has 1 aromatic carbocycles. The molecule has 0 spiro atoms. The molecule has 1 fully saturated rings. The van der Waals surface area contributed by atoms with Crippen molar-refractivity contribution in [3.63, 3.8) is 0 Å². The second kappa shape index (κ2) is 6.80. The van der Waals surface area contributed by atoms with Crippen LogP contribution in [0.4, 0.5) is 11.4 Å². The summed E-state index contributed by atoms with van der Waals surface area (Å²) in [5.41, 5.74) is 10.3. The van der Waals surface area contributed by atoms with Gasteiger partial charge in [0.15, 0.2) is 5.69 Å². The molecule has 1 aliphatic heterocycles. The third-order valence-corrected chi connectivity index (χ3v) is 7.52. The maximum Gasteiger partial charge on any atom is 0.190 e. The summed E-state index contributed by atoms with van der Waals surface area (Å²) in [5.74, 6) is 0.374. The van der Waals surface area contributed by atoms with Crippen molar-refractivity contribution < 1.29 is 8.42 Å². The summed E-state index contributed by atoms with van der Waals surface area (Å²) in [4.78, 5) is 7.79. The highest BCUT2D eigenvalue weighted by Crippen LogP contribution is 2.41. The SMILES string of the molecule is [C-]#[N+]c1cc2c(-c3cncc(N)c3Cl)cn(C3CCS(=O)(=O)CC3)c2cc1C. The first-order chi connectivity index (χ1) is 13.3. The lowest BCUT2D eigenvalue weighted by atomic mass is 10.0. The van der Waals surface area contributed by atoms with Crippen LogP contribution in [-0.4, -0.2) is 29.5 Å². The second-order valence-corrected chi connectivity index (χ2v) is 9.87. The Morgan fingerprint density at radius 1 is 1.25 bits per heavy atom. The Morgan fingerprint density at radius 3 is 2.64 bits per heavy atom. The number of sulfone groups is 1. The maximum atomic E-state index is 11.9. The van der Waals surface area contributed by atoms with Gasteiger partial charge in [-0.15, -0.1) is 0 Å². The Kier molecular flexibility index (Phi) is 4.56. The number of halogens is 1. The van der Waals surface area contributed by atoms with E-state index in [4.69, 9.17) is 23.9 Å². The molecule has 0 amide bonds. The summed E-state index contributed by atoms with van der Waals surface area (Å²) < 4.78 is 25.8. The molecule has 28 heavy (non-hydrogen) atoms. The van der Waals surface area contributed by atoms with Gasteiger partial charge in [-0.2, -0.15) is 0 Å². The van der Waals surface area contributed by atoms with Crippen LogP contribution in [0.2, 0.25) is 5.02 Å². The monoisotopic (exact) mass is 414 g/mol. The molecule has 0 unspecified atom stereocenters. The largest absolute Gasteiger partial charge is 0.396 e. The average Bonchev–Trinajstić information content (AvgIpc) is 3.01. The van der Waals surface area contributed by atoms with Gasteiger partial charge in [0.05, 0.1) is 35.0 Å². The second-order valence-electron chi connectivity index (χ2n) is 7.19. The van der Waals surface area contributed by atoms with E-state index < -0.39 is 9.84 Å². The van der Waals surface area contributed by atoms with Crippen molar-refractivity contribution in [3.05, 3.63) is 52.7 Å². The smallest absolute Gasteiger partial charge is 0.190 e. The highest BCUT2D eigenvalue weighted by molar-refractivity contribution is 7.91. The number of anilines is 1. The summed E-state index contributed by atoms with van der Waals surface area (Å²) in [6, 6.07) is 3.93. The Bertz CT molecular complexity index is 1230. The Balaban J connectivity index is 1.95. The minimum atomic E-state index is -2.95. The van der Waals surface area contributed by atoms with E-state index in [-0.39, 0.29) is 17.5 Å². The zero-order chi connectivity index (χ0) is 20.1. The zero-order valence-electron chi connectivity index (χ0n) is 15.3. The van der Waals surface area contributed by atoms with E-state index in [1.807, 2.05) is 25.3 Å². The van der Waals surface area contributed by atoms with Crippen molar-refractivity contribution in [2.24, 2.45) is 0 Å². The molecule has 2 N–H and O–H groups in total. The van der Waals surface area contributed by atoms with Gasteiger partial charge in [0.1, 0.15) is 9.84 Å². The van der Waals surface area contributed by atoms with Crippen LogP contribution in [0.1, 0.15) is 24.4 Å². The molecule has 2 aromatic heterocycles. The van der Waals surface area contributed by atoms with Crippen LogP contribution in [0, 0.1) is 13.5 Å². The van der Waals surface area contributed by atoms with Crippen molar-refractivity contribution >= 4 is 43.7 Å². The number of nitrogen functional groups attached to an aromatic ring is 1. The molecule has 6 nitrogen and oxygen atoms in total. The summed E-state index contributed by atoms with van der Waals surface area (Å²) in [6.07, 6.45) is 6.30. The normalized spacial score (nSPS) is 16.9. The fourth-order valence-electron chi connectivity index (χ4n) is 3.83. The van der Waals surface area contributed by atoms with Crippen molar-refractivity contribution in [2.45, 2.75) is 25.8 Å². The third-order valence-electron chi connectivity index (χ3n) is 5.39. The van der Waals surface area contributed by atoms with Crippen LogP contribution in [0.5, 0.6) is 0 Å². The summed E-state index contributed by atoms with van der Waals surface area (Å²) in [7, 11) is -2.95. The number of nitrogens with zero attached hydrogens (tertiary/aromatic N) is 3. The van der Waals surface area contributed by atoms with Gasteiger partial charge < -0.3 is 10.3 Å². The van der Waals surface area contributed by atoms with E-state index in [0.29, 0.717) is 34.8 Å². The maximum absolute atomic E-state index is 11.9. The van der Waals surface area contributed by atoms with Gasteiger partial charge in [0.2, 0.25) is 0 Å². The lowest BCUT2D eigenvalue weighted by Crippen LogP contribution is -2.25. The van der Waals surface area contributed by atoms with E-state index in [1.165, 1.54) is 6.20 Å². The minimum absolute atomic E-state index is 0.0748. The topological polar surface area (TPSA) is 82.3 Å². The lowest BCUT2D eigenvalue weighted by Gasteiger charge is -2.24. The number of hydrogen-bond donors (Lipinski definition) is 1. The molecule has 0 atom stereocenters. The molecule has 0 bridgehead atoms. The number of nitrogens with two attached hydrogens (primary N) is 1. The molecule has 3 heterocycles. The van der Waals surface area contributed by atoms with Gasteiger partial charge >= 0.3 is 0 Å². The van der Waals surface area contributed by atoms with Gasteiger partial charge in [-0.25, -0.2) is 13.3 Å². The van der Waals surface area contributed by atoms with Gasteiger partial charge in [-0.05, 0) is 42.8 Å². The number of hydrogen-bond acceptors (Lipinski definition) is 4. The third kappa shape index (κ3) is 3.13. The fraction of sp³-hybridized carbons (Fsp3) is 0.300. The number of pyridine rings is 1. The number of aromatic nitrogens is 2. The van der Waals surface area contributed by atoms with Crippen LogP contribution in [0.15, 0.2) is 30.7 Å². The van der Waals surface area contributed by atoms with Crippen LogP contribution in [0.25, 0.3) is 26.9 Å². The van der Waals surface area contributed by atoms with Crippen LogP contribution >= 0.6 is 11.6 Å². The van der Waals surface area contributed by atoms with E-state index in [0.717, 1.165) is 22.0 Å². The van der Waals surface area contributed by atoms with Gasteiger partial charge in [-0.3, -0.25) is 4.98 Å². The van der Waals surface area contributed by atoms with Crippen molar-refractivity contribution in [1.29, 1.82) is 0 Å². The molecule has 0 aliphatic carbocycles. The van der Waals surface area contributed by atoms with Gasteiger partial charge in [0, 0.05) is 35.1 Å². The standard InChI is InChI=1S/C20H19ClN4O2S/c1-12-7-19-14(8-18(12)23-2)16(15-9-24-10-17(22)20(15)21)11-25(19)13-3-5-28(26,27)6-4-13/h7-11,13H,3-6,22H2,1H3. The molecule has 1 saturated heterocycles. The van der Waals surface area contributed by atoms with Crippen LogP contribution < -0.4 is 5.73 Å². The number of fused-ring (bicyclic) bond motifs is 1. The van der Waals surface area contributed by atoms with Gasteiger partial charge in [0.25, 0.3) is 0 Å². The van der Waals surface area contributed by atoms with Crippen molar-refractivity contribution in [1.82, 2.24) is 9.55 Å². The Hall–Kier alpha value is -2.56. The number of benzene rings is 1. The lowest BCUT2D eigenvalue weighted by molar-refractivity contribution is 0.461. The Morgan fingerprint density at radius 2 is 1.96 bits per heavy atom. The highest BCUT2D eigenvalue weighted by Gasteiger charge is 2.27. The highest BCUT2D eigenvalue weighted by atomic mass is 35.5. The quantitative estimate of drug-likeness (QED) is 0.623. The fourth-order valence-corrected chi connectivity index (χ4v) is 5.50. The summed E-state index contributed by atoms with van der Waals surface area (Å²) in [5, 5.41) is 1.31. The molecule has 0 saturated carbocycles. The molecule has 4 rings (SSSR count). The van der Waals surface area contributed by atoms with Crippen molar-refractivity contribution in [3.8, 4) is 11.1 Å². The van der Waals surface area contributed by atoms with E-state index in [2.05, 4.69) is 14.4 Å². The molecule has 144 valence electrons.